The van der Waals surface area contributed by atoms with Crippen LogP contribution >= 0.6 is 11.8 Å². The highest BCUT2D eigenvalue weighted by Gasteiger charge is 2.30. The molecular weight excluding hydrogens is 283 g/mol. The van der Waals surface area contributed by atoms with E-state index in [1.165, 1.54) is 31.7 Å². The quantitative estimate of drug-likeness (QED) is 0.733. The second kappa shape index (κ2) is 6.74. The van der Waals surface area contributed by atoms with Gasteiger partial charge in [0.25, 0.3) is 0 Å². The number of alkyl halides is 3. The molecular formula is C15H20F3NS. The molecule has 1 fully saturated rings. The SMILES string of the molecule is CC1CCCC(CNc2ccccc2SC(F)(F)F)C1. The summed E-state index contributed by atoms with van der Waals surface area (Å²) in [4.78, 5) is 0.254. The molecule has 2 rings (SSSR count). The van der Waals surface area contributed by atoms with Crippen LogP contribution in [0.1, 0.15) is 32.6 Å². The van der Waals surface area contributed by atoms with Gasteiger partial charge in [-0.05, 0) is 48.6 Å². The van der Waals surface area contributed by atoms with Crippen molar-refractivity contribution in [2.75, 3.05) is 11.9 Å². The lowest BCUT2D eigenvalue weighted by atomic mass is 9.82. The van der Waals surface area contributed by atoms with Crippen molar-refractivity contribution >= 4 is 17.4 Å². The second-order valence-corrected chi connectivity index (χ2v) is 6.67. The highest BCUT2D eigenvalue weighted by atomic mass is 32.2. The molecule has 0 aliphatic heterocycles. The van der Waals surface area contributed by atoms with Crippen LogP contribution in [-0.4, -0.2) is 12.1 Å². The average Bonchev–Trinajstić information content (AvgIpc) is 2.36. The topological polar surface area (TPSA) is 12.0 Å². The Balaban J connectivity index is 1.95. The van der Waals surface area contributed by atoms with Crippen molar-refractivity contribution in [1.29, 1.82) is 0 Å². The zero-order valence-electron chi connectivity index (χ0n) is 11.5. The first kappa shape index (κ1) is 15.5. The lowest BCUT2D eigenvalue weighted by molar-refractivity contribution is -0.0327. The monoisotopic (exact) mass is 303 g/mol. The van der Waals surface area contributed by atoms with Crippen molar-refractivity contribution in [1.82, 2.24) is 0 Å². The van der Waals surface area contributed by atoms with Gasteiger partial charge in [0.15, 0.2) is 0 Å². The van der Waals surface area contributed by atoms with Gasteiger partial charge in [0.2, 0.25) is 0 Å². The molecule has 0 spiro atoms. The van der Waals surface area contributed by atoms with Crippen molar-refractivity contribution in [2.45, 2.75) is 43.0 Å². The molecule has 1 aromatic rings. The fraction of sp³-hybridized carbons (Fsp3) is 0.600. The maximum Gasteiger partial charge on any atom is 0.446 e. The predicted molar refractivity (Wildman–Crippen MR) is 78.0 cm³/mol. The third kappa shape index (κ3) is 4.93. The average molecular weight is 303 g/mol. The van der Waals surface area contributed by atoms with Crippen LogP contribution in [0.25, 0.3) is 0 Å². The molecule has 1 N–H and O–H groups in total. The third-order valence-electron chi connectivity index (χ3n) is 3.74. The normalized spacial score (nSPS) is 23.6. The minimum atomic E-state index is -4.24. The van der Waals surface area contributed by atoms with Crippen LogP contribution in [0.3, 0.4) is 0 Å². The second-order valence-electron chi connectivity index (χ2n) is 5.56. The van der Waals surface area contributed by atoms with Gasteiger partial charge >= 0.3 is 5.51 Å². The summed E-state index contributed by atoms with van der Waals surface area (Å²) in [5.41, 5.74) is -3.65. The Morgan fingerprint density at radius 1 is 1.25 bits per heavy atom. The summed E-state index contributed by atoms with van der Waals surface area (Å²) in [7, 11) is 0. The van der Waals surface area contributed by atoms with E-state index < -0.39 is 5.51 Å². The maximum absolute atomic E-state index is 12.5. The van der Waals surface area contributed by atoms with Crippen molar-refractivity contribution in [3.8, 4) is 0 Å². The molecule has 1 aromatic carbocycles. The van der Waals surface area contributed by atoms with E-state index in [-0.39, 0.29) is 16.7 Å². The van der Waals surface area contributed by atoms with Crippen LogP contribution in [0.4, 0.5) is 18.9 Å². The maximum atomic E-state index is 12.5. The summed E-state index contributed by atoms with van der Waals surface area (Å²) in [5.74, 6) is 1.30. The van der Waals surface area contributed by atoms with Gasteiger partial charge in [0, 0.05) is 17.1 Å². The van der Waals surface area contributed by atoms with E-state index >= 15 is 0 Å². The molecule has 0 aromatic heterocycles. The van der Waals surface area contributed by atoms with E-state index in [1.807, 2.05) is 0 Å². The van der Waals surface area contributed by atoms with Gasteiger partial charge < -0.3 is 5.32 Å². The van der Waals surface area contributed by atoms with Gasteiger partial charge in [-0.1, -0.05) is 31.9 Å². The number of rotatable bonds is 4. The number of nitrogens with one attached hydrogen (secondary N) is 1. The van der Waals surface area contributed by atoms with E-state index in [2.05, 4.69) is 12.2 Å². The smallest absolute Gasteiger partial charge is 0.384 e. The van der Waals surface area contributed by atoms with Gasteiger partial charge in [-0.15, -0.1) is 0 Å². The molecule has 0 saturated heterocycles. The Hall–Kier alpha value is -0.840. The molecule has 1 aliphatic rings. The van der Waals surface area contributed by atoms with Crippen molar-refractivity contribution in [3.63, 3.8) is 0 Å². The van der Waals surface area contributed by atoms with Crippen LogP contribution in [-0.2, 0) is 0 Å². The van der Waals surface area contributed by atoms with Gasteiger partial charge in [0.1, 0.15) is 0 Å². The van der Waals surface area contributed by atoms with Crippen molar-refractivity contribution in [2.24, 2.45) is 11.8 Å². The molecule has 5 heteroatoms. The zero-order chi connectivity index (χ0) is 14.6. The lowest BCUT2D eigenvalue weighted by Gasteiger charge is -2.27. The molecule has 0 heterocycles. The fourth-order valence-electron chi connectivity index (χ4n) is 2.83. The molecule has 2 atom stereocenters. The largest absolute Gasteiger partial charge is 0.446 e. The lowest BCUT2D eigenvalue weighted by Crippen LogP contribution is -2.21. The number of hydrogen-bond donors (Lipinski definition) is 1. The van der Waals surface area contributed by atoms with Crippen molar-refractivity contribution < 1.29 is 13.2 Å². The molecule has 112 valence electrons. The highest BCUT2D eigenvalue weighted by Crippen LogP contribution is 2.40. The van der Waals surface area contributed by atoms with Gasteiger partial charge in [-0.25, -0.2) is 0 Å². The van der Waals surface area contributed by atoms with Crippen LogP contribution < -0.4 is 5.32 Å². The molecule has 0 bridgehead atoms. The van der Waals surface area contributed by atoms with Crippen molar-refractivity contribution in [3.05, 3.63) is 24.3 Å². The number of thioether (sulfide) groups is 1. The van der Waals surface area contributed by atoms with Crippen LogP contribution in [0.2, 0.25) is 0 Å². The first-order chi connectivity index (χ1) is 9.44. The Labute approximate surface area is 122 Å². The molecule has 1 nitrogen and oxygen atoms in total. The van der Waals surface area contributed by atoms with Gasteiger partial charge in [-0.3, -0.25) is 0 Å². The van der Waals surface area contributed by atoms with E-state index in [9.17, 15) is 13.2 Å². The van der Waals surface area contributed by atoms with Gasteiger partial charge in [-0.2, -0.15) is 13.2 Å². The Morgan fingerprint density at radius 3 is 2.70 bits per heavy atom. The molecule has 0 radical (unpaired) electrons. The number of hydrogen-bond acceptors (Lipinski definition) is 2. The van der Waals surface area contributed by atoms with Gasteiger partial charge in [0.05, 0.1) is 0 Å². The molecule has 1 aliphatic carbocycles. The molecule has 0 amide bonds. The van der Waals surface area contributed by atoms with Crippen LogP contribution in [0, 0.1) is 11.8 Å². The summed E-state index contributed by atoms with van der Waals surface area (Å²) in [6, 6.07) is 6.65. The number of benzene rings is 1. The number of anilines is 1. The first-order valence-corrected chi connectivity index (χ1v) is 7.84. The summed E-state index contributed by atoms with van der Waals surface area (Å²) in [6.07, 6.45) is 4.84. The Morgan fingerprint density at radius 2 is 2.00 bits per heavy atom. The summed E-state index contributed by atoms with van der Waals surface area (Å²) in [5, 5.41) is 3.21. The summed E-state index contributed by atoms with van der Waals surface area (Å²) < 4.78 is 37.5. The molecule has 20 heavy (non-hydrogen) atoms. The third-order valence-corrected chi connectivity index (χ3v) is 4.55. The van der Waals surface area contributed by atoms with E-state index in [1.54, 1.807) is 18.2 Å². The Kier molecular flexibility index (Phi) is 5.24. The first-order valence-electron chi connectivity index (χ1n) is 7.02. The summed E-state index contributed by atoms with van der Waals surface area (Å²) in [6.45, 7) is 3.01. The standard InChI is InChI=1S/C15H20F3NS/c1-11-5-4-6-12(9-11)10-19-13-7-2-3-8-14(13)20-15(16,17)18/h2-3,7-8,11-12,19H,4-6,9-10H2,1H3. The number of halogens is 3. The summed E-state index contributed by atoms with van der Waals surface area (Å²) >= 11 is -0.0480. The minimum Gasteiger partial charge on any atom is -0.384 e. The van der Waals surface area contributed by atoms with E-state index in [4.69, 9.17) is 0 Å². The minimum absolute atomic E-state index is 0.0480. The molecule has 2 unspecified atom stereocenters. The van der Waals surface area contributed by atoms with E-state index in [0.717, 1.165) is 12.5 Å². The molecule has 1 saturated carbocycles. The highest BCUT2D eigenvalue weighted by molar-refractivity contribution is 8.00. The zero-order valence-corrected chi connectivity index (χ0v) is 12.4. The Bertz CT molecular complexity index is 433. The number of para-hydroxylation sites is 1. The van der Waals surface area contributed by atoms with Crippen LogP contribution in [0.5, 0.6) is 0 Å². The van der Waals surface area contributed by atoms with Crippen LogP contribution in [0.15, 0.2) is 29.2 Å². The fourth-order valence-corrected chi connectivity index (χ4v) is 3.47. The van der Waals surface area contributed by atoms with E-state index in [0.29, 0.717) is 11.6 Å². The predicted octanol–water partition coefficient (Wildman–Crippen LogP) is 5.54.